The van der Waals surface area contributed by atoms with Crippen LogP contribution in [0, 0.1) is 5.82 Å². The van der Waals surface area contributed by atoms with Crippen molar-refractivity contribution in [3.05, 3.63) is 59.4 Å². The van der Waals surface area contributed by atoms with Gasteiger partial charge in [0.1, 0.15) is 19.0 Å². The topological polar surface area (TPSA) is 30.5 Å². The van der Waals surface area contributed by atoms with Gasteiger partial charge in [-0.2, -0.15) is 0 Å². The minimum Gasteiger partial charge on any atom is -0.486 e. The van der Waals surface area contributed by atoms with E-state index in [0.29, 0.717) is 32.7 Å². The molecule has 0 bridgehead atoms. The van der Waals surface area contributed by atoms with Gasteiger partial charge in [0.15, 0.2) is 11.5 Å². The van der Waals surface area contributed by atoms with E-state index in [9.17, 15) is 4.39 Å². The molecule has 0 amide bonds. The smallest absolute Gasteiger partial charge is 0.165 e. The zero-order valence-corrected chi connectivity index (χ0v) is 11.8. The van der Waals surface area contributed by atoms with Crippen LogP contribution in [0.4, 0.5) is 4.39 Å². The molecule has 0 atom stereocenters. The van der Waals surface area contributed by atoms with Crippen LogP contribution < -0.4 is 14.8 Å². The summed E-state index contributed by atoms with van der Waals surface area (Å²) in [6, 6.07) is 12.8. The van der Waals surface area contributed by atoms with Gasteiger partial charge in [0.05, 0.1) is 0 Å². The molecule has 3 rings (SSSR count). The Morgan fingerprint density at radius 1 is 0.952 bits per heavy atom. The van der Waals surface area contributed by atoms with Gasteiger partial charge in [0.2, 0.25) is 0 Å². The molecule has 1 N–H and O–H groups in total. The van der Waals surface area contributed by atoms with Crippen LogP contribution in [0.2, 0.25) is 0 Å². The summed E-state index contributed by atoms with van der Waals surface area (Å²) in [6.45, 7) is 2.57. The fraction of sp³-hybridized carbons (Fsp3) is 0.294. The predicted molar refractivity (Wildman–Crippen MR) is 79.2 cm³/mol. The highest BCUT2D eigenvalue weighted by atomic mass is 19.1. The van der Waals surface area contributed by atoms with E-state index in [0.717, 1.165) is 22.6 Å². The quantitative estimate of drug-likeness (QED) is 0.858. The van der Waals surface area contributed by atoms with Gasteiger partial charge >= 0.3 is 0 Å². The lowest BCUT2D eigenvalue weighted by Gasteiger charge is -2.21. The van der Waals surface area contributed by atoms with Gasteiger partial charge < -0.3 is 14.8 Å². The molecule has 2 aromatic carbocycles. The lowest BCUT2D eigenvalue weighted by molar-refractivity contribution is 0.169. The minimum absolute atomic E-state index is 0.145. The van der Waals surface area contributed by atoms with Gasteiger partial charge in [-0.15, -0.1) is 0 Å². The summed E-state index contributed by atoms with van der Waals surface area (Å²) in [7, 11) is 0. The first-order valence-corrected chi connectivity index (χ1v) is 7.16. The molecule has 0 saturated carbocycles. The maximum atomic E-state index is 13.5. The summed E-state index contributed by atoms with van der Waals surface area (Å²) >= 11 is 0. The van der Waals surface area contributed by atoms with E-state index in [1.165, 1.54) is 6.07 Å². The molecule has 110 valence electrons. The summed E-state index contributed by atoms with van der Waals surface area (Å²) < 4.78 is 24.7. The van der Waals surface area contributed by atoms with E-state index in [2.05, 4.69) is 5.32 Å². The van der Waals surface area contributed by atoms with Crippen LogP contribution in [0.5, 0.6) is 11.5 Å². The lowest BCUT2D eigenvalue weighted by atomic mass is 10.1. The molecule has 0 radical (unpaired) electrons. The van der Waals surface area contributed by atoms with Crippen LogP contribution in [0.1, 0.15) is 11.1 Å². The Bertz CT molecular complexity index is 615. The normalized spacial score (nSPS) is 13.2. The van der Waals surface area contributed by atoms with Crippen molar-refractivity contribution in [3.8, 4) is 11.5 Å². The number of nitrogens with one attached hydrogen (secondary N) is 1. The number of rotatable bonds is 5. The van der Waals surface area contributed by atoms with Crippen LogP contribution in [0.25, 0.3) is 0 Å². The lowest BCUT2D eigenvalue weighted by Crippen LogP contribution is -2.20. The molecule has 0 fully saturated rings. The molecule has 1 aliphatic rings. The van der Waals surface area contributed by atoms with Crippen LogP contribution >= 0.6 is 0 Å². The molecule has 2 aromatic rings. The highest BCUT2D eigenvalue weighted by molar-refractivity contribution is 5.47. The summed E-state index contributed by atoms with van der Waals surface area (Å²) in [4.78, 5) is 0. The van der Waals surface area contributed by atoms with E-state index >= 15 is 0 Å². The van der Waals surface area contributed by atoms with Crippen molar-refractivity contribution in [1.29, 1.82) is 0 Å². The SMILES string of the molecule is Fc1ccccc1CCNCc1cccc2c1OCCO2. The van der Waals surface area contributed by atoms with E-state index in [4.69, 9.17) is 9.47 Å². The average Bonchev–Trinajstić information content (AvgIpc) is 2.53. The molecule has 0 aromatic heterocycles. The average molecular weight is 287 g/mol. The number of fused-ring (bicyclic) bond motifs is 1. The summed E-state index contributed by atoms with van der Waals surface area (Å²) in [6.07, 6.45) is 0.666. The molecule has 0 unspecified atom stereocenters. The third-order valence-corrected chi connectivity index (χ3v) is 3.49. The number of halogens is 1. The molecule has 1 heterocycles. The summed E-state index contributed by atoms with van der Waals surface area (Å²) in [5.74, 6) is 1.48. The van der Waals surface area contributed by atoms with E-state index in [1.54, 1.807) is 6.07 Å². The highest BCUT2D eigenvalue weighted by Crippen LogP contribution is 2.33. The van der Waals surface area contributed by atoms with Crippen molar-refractivity contribution in [2.75, 3.05) is 19.8 Å². The first-order valence-electron chi connectivity index (χ1n) is 7.16. The molecule has 1 aliphatic heterocycles. The maximum absolute atomic E-state index is 13.5. The molecule has 0 aliphatic carbocycles. The third-order valence-electron chi connectivity index (χ3n) is 3.49. The zero-order valence-electron chi connectivity index (χ0n) is 11.8. The maximum Gasteiger partial charge on any atom is 0.165 e. The second-order valence-corrected chi connectivity index (χ2v) is 4.96. The molecule has 21 heavy (non-hydrogen) atoms. The van der Waals surface area contributed by atoms with Crippen LogP contribution in [-0.4, -0.2) is 19.8 Å². The largest absolute Gasteiger partial charge is 0.486 e. The second kappa shape index (κ2) is 6.59. The summed E-state index contributed by atoms with van der Waals surface area (Å²) in [5, 5.41) is 3.33. The van der Waals surface area contributed by atoms with Gasteiger partial charge in [-0.25, -0.2) is 4.39 Å². The number of para-hydroxylation sites is 1. The molecule has 0 spiro atoms. The Hall–Kier alpha value is -2.07. The number of benzene rings is 2. The minimum atomic E-state index is -0.145. The Labute approximate surface area is 123 Å². The fourth-order valence-electron chi connectivity index (χ4n) is 2.42. The van der Waals surface area contributed by atoms with E-state index < -0.39 is 0 Å². The van der Waals surface area contributed by atoms with Gasteiger partial charge in [-0.1, -0.05) is 30.3 Å². The Morgan fingerprint density at radius 2 is 1.76 bits per heavy atom. The van der Waals surface area contributed by atoms with Crippen LogP contribution in [0.3, 0.4) is 0 Å². The number of ether oxygens (including phenoxy) is 2. The van der Waals surface area contributed by atoms with E-state index in [1.807, 2.05) is 30.3 Å². The van der Waals surface area contributed by atoms with Gasteiger partial charge in [0, 0.05) is 12.1 Å². The molecular weight excluding hydrogens is 269 g/mol. The van der Waals surface area contributed by atoms with Crippen molar-refractivity contribution in [2.24, 2.45) is 0 Å². The molecule has 3 nitrogen and oxygen atoms in total. The Kier molecular flexibility index (Phi) is 4.36. The zero-order chi connectivity index (χ0) is 14.5. The van der Waals surface area contributed by atoms with E-state index in [-0.39, 0.29) is 5.82 Å². The highest BCUT2D eigenvalue weighted by Gasteiger charge is 2.14. The van der Waals surface area contributed by atoms with Crippen molar-refractivity contribution in [3.63, 3.8) is 0 Å². The first-order chi connectivity index (χ1) is 10.3. The fourth-order valence-corrected chi connectivity index (χ4v) is 2.42. The molecular formula is C17H18FNO2. The predicted octanol–water partition coefficient (Wildman–Crippen LogP) is 2.93. The van der Waals surface area contributed by atoms with Crippen molar-refractivity contribution in [2.45, 2.75) is 13.0 Å². The number of hydrogen-bond donors (Lipinski definition) is 1. The second-order valence-electron chi connectivity index (χ2n) is 4.96. The van der Waals surface area contributed by atoms with Crippen LogP contribution in [-0.2, 0) is 13.0 Å². The monoisotopic (exact) mass is 287 g/mol. The van der Waals surface area contributed by atoms with Crippen molar-refractivity contribution in [1.82, 2.24) is 5.32 Å². The van der Waals surface area contributed by atoms with Crippen molar-refractivity contribution < 1.29 is 13.9 Å². The van der Waals surface area contributed by atoms with Gasteiger partial charge in [0.25, 0.3) is 0 Å². The molecule has 0 saturated heterocycles. The summed E-state index contributed by atoms with van der Waals surface area (Å²) in [5.41, 5.74) is 1.81. The van der Waals surface area contributed by atoms with Crippen molar-refractivity contribution >= 4 is 0 Å². The van der Waals surface area contributed by atoms with Gasteiger partial charge in [-0.3, -0.25) is 0 Å². The Balaban J connectivity index is 1.55. The van der Waals surface area contributed by atoms with Gasteiger partial charge in [-0.05, 0) is 30.7 Å². The molecule has 4 heteroatoms. The third kappa shape index (κ3) is 3.34. The van der Waals surface area contributed by atoms with Crippen LogP contribution in [0.15, 0.2) is 42.5 Å². The standard InChI is InChI=1S/C17H18FNO2/c18-15-6-2-1-4-13(15)8-9-19-12-14-5-3-7-16-17(14)21-11-10-20-16/h1-7,19H,8-12H2. The number of hydrogen-bond acceptors (Lipinski definition) is 3. The first kappa shape index (κ1) is 13.9. The Morgan fingerprint density at radius 3 is 2.67 bits per heavy atom.